The molecule has 1 atom stereocenters. The van der Waals surface area contributed by atoms with Gasteiger partial charge in [-0.25, -0.2) is 4.39 Å². The third-order valence-corrected chi connectivity index (χ3v) is 4.64. The zero-order valence-corrected chi connectivity index (χ0v) is 19.6. The largest absolute Gasteiger partial charge is 0.465 e. The van der Waals surface area contributed by atoms with Gasteiger partial charge in [0.25, 0.3) is 0 Å². The van der Waals surface area contributed by atoms with Crippen LogP contribution in [0.4, 0.5) is 10.1 Å². The van der Waals surface area contributed by atoms with Crippen LogP contribution in [-0.2, 0) is 20.7 Å². The maximum atomic E-state index is 14.4. The molecule has 1 unspecified atom stereocenters. The van der Waals surface area contributed by atoms with Gasteiger partial charge >= 0.3 is 5.97 Å². The van der Waals surface area contributed by atoms with Gasteiger partial charge in [-0.2, -0.15) is 0 Å². The number of ether oxygens (including phenoxy) is 1. The van der Waals surface area contributed by atoms with Gasteiger partial charge in [0.15, 0.2) is 0 Å². The van der Waals surface area contributed by atoms with E-state index in [0.717, 1.165) is 16.7 Å². The third-order valence-electron chi connectivity index (χ3n) is 4.64. The van der Waals surface area contributed by atoms with Crippen LogP contribution in [0.3, 0.4) is 0 Å². The molecule has 1 amide bonds. The van der Waals surface area contributed by atoms with Gasteiger partial charge in [-0.3, -0.25) is 19.9 Å². The predicted octanol–water partition coefficient (Wildman–Crippen LogP) is 4.43. The first-order valence-corrected chi connectivity index (χ1v) is 10.0. The molecule has 0 bridgehead atoms. The number of aromatic nitrogens is 1. The van der Waals surface area contributed by atoms with Crippen molar-refractivity contribution in [2.45, 2.75) is 19.4 Å². The lowest BCUT2D eigenvalue weighted by Crippen LogP contribution is -2.44. The van der Waals surface area contributed by atoms with E-state index in [0.29, 0.717) is 6.42 Å². The van der Waals surface area contributed by atoms with Crippen LogP contribution < -0.4 is 10.6 Å². The quantitative estimate of drug-likeness (QED) is 0.431. The van der Waals surface area contributed by atoms with Gasteiger partial charge in [0.05, 0.1) is 24.9 Å². The van der Waals surface area contributed by atoms with E-state index >= 15 is 0 Å². The number of carbonyl (C=O) groups is 2. The molecule has 0 saturated carbocycles. The highest BCUT2D eigenvalue weighted by Gasteiger charge is 2.21. The standard InChI is InChI=1S/C24H24FN3O3.2ClH/c1-2-31-23(29)16-27-22(14-17-6-4-3-5-7-17)24(30)28-21-15-19(8-9-20(21)25)18-10-12-26-13-11-18;;/h3-13,15,22,27H,2,14,16H2,1H3,(H,28,30);2*1H. The fourth-order valence-electron chi connectivity index (χ4n) is 3.09. The molecule has 0 radical (unpaired) electrons. The number of esters is 1. The molecule has 9 heteroatoms. The average molecular weight is 494 g/mol. The van der Waals surface area contributed by atoms with Crippen molar-refractivity contribution in [2.75, 3.05) is 18.5 Å². The minimum Gasteiger partial charge on any atom is -0.465 e. The Bertz CT molecular complexity index is 1020. The average Bonchev–Trinajstić information content (AvgIpc) is 2.79. The SMILES string of the molecule is CCOC(=O)CNC(Cc1ccccc1)C(=O)Nc1cc(-c2ccncc2)ccc1F.Cl.Cl. The fourth-order valence-corrected chi connectivity index (χ4v) is 3.09. The Morgan fingerprint density at radius 2 is 1.70 bits per heavy atom. The van der Waals surface area contributed by atoms with Crippen LogP contribution in [0.5, 0.6) is 0 Å². The number of anilines is 1. The molecule has 176 valence electrons. The summed E-state index contributed by atoms with van der Waals surface area (Å²) < 4.78 is 19.4. The molecule has 0 aliphatic carbocycles. The first-order valence-electron chi connectivity index (χ1n) is 10.0. The van der Waals surface area contributed by atoms with E-state index in [9.17, 15) is 14.0 Å². The van der Waals surface area contributed by atoms with E-state index < -0.39 is 23.7 Å². The van der Waals surface area contributed by atoms with Crippen LogP contribution in [0.2, 0.25) is 0 Å². The van der Waals surface area contributed by atoms with Crippen LogP contribution in [0.25, 0.3) is 11.1 Å². The van der Waals surface area contributed by atoms with Crippen LogP contribution in [0.1, 0.15) is 12.5 Å². The molecule has 2 aromatic carbocycles. The first-order chi connectivity index (χ1) is 15.1. The van der Waals surface area contributed by atoms with Crippen LogP contribution in [0.15, 0.2) is 73.1 Å². The second-order valence-corrected chi connectivity index (χ2v) is 6.85. The number of carbonyl (C=O) groups excluding carboxylic acids is 2. The Labute approximate surface area is 204 Å². The second kappa shape index (κ2) is 14.2. The van der Waals surface area contributed by atoms with Gasteiger partial charge in [-0.15, -0.1) is 24.8 Å². The molecule has 1 heterocycles. The number of amides is 1. The molecule has 33 heavy (non-hydrogen) atoms. The monoisotopic (exact) mass is 493 g/mol. The predicted molar refractivity (Wildman–Crippen MR) is 131 cm³/mol. The minimum absolute atomic E-state index is 0. The van der Waals surface area contributed by atoms with Gasteiger partial charge in [0.2, 0.25) is 5.91 Å². The second-order valence-electron chi connectivity index (χ2n) is 6.85. The molecule has 3 aromatic rings. The van der Waals surface area contributed by atoms with E-state index in [1.165, 1.54) is 6.07 Å². The highest BCUT2D eigenvalue weighted by atomic mass is 35.5. The van der Waals surface area contributed by atoms with Gasteiger partial charge in [-0.05, 0) is 54.3 Å². The Morgan fingerprint density at radius 1 is 1.00 bits per heavy atom. The molecular formula is C24H26Cl2FN3O3. The summed E-state index contributed by atoms with van der Waals surface area (Å²) in [6.45, 7) is 1.84. The summed E-state index contributed by atoms with van der Waals surface area (Å²) in [5, 5.41) is 5.57. The van der Waals surface area contributed by atoms with Crippen molar-refractivity contribution in [3.05, 3.63) is 84.4 Å². The van der Waals surface area contributed by atoms with E-state index in [1.807, 2.05) is 30.3 Å². The van der Waals surface area contributed by atoms with Gasteiger partial charge in [0, 0.05) is 12.4 Å². The zero-order chi connectivity index (χ0) is 22.1. The topological polar surface area (TPSA) is 80.3 Å². The molecule has 0 spiro atoms. The van der Waals surface area contributed by atoms with Crippen LogP contribution in [0, 0.1) is 5.82 Å². The number of benzene rings is 2. The molecule has 2 N–H and O–H groups in total. The number of halogens is 3. The van der Waals surface area contributed by atoms with Crippen LogP contribution in [-0.4, -0.2) is 36.1 Å². The first kappa shape index (κ1) is 28.0. The summed E-state index contributed by atoms with van der Waals surface area (Å²) in [5.74, 6) is -1.45. The molecule has 3 rings (SSSR count). The van der Waals surface area contributed by atoms with Crippen molar-refractivity contribution >= 4 is 42.4 Å². The molecule has 0 aliphatic heterocycles. The lowest BCUT2D eigenvalue weighted by atomic mass is 10.0. The smallest absolute Gasteiger partial charge is 0.319 e. The molecule has 0 saturated heterocycles. The summed E-state index contributed by atoms with van der Waals surface area (Å²) in [6.07, 6.45) is 3.62. The Morgan fingerprint density at radius 3 is 2.36 bits per heavy atom. The third kappa shape index (κ3) is 8.46. The van der Waals surface area contributed by atoms with Crippen molar-refractivity contribution in [3.8, 4) is 11.1 Å². The Balaban J connectivity index is 0.00000272. The number of hydrogen-bond acceptors (Lipinski definition) is 5. The zero-order valence-electron chi connectivity index (χ0n) is 18.0. The molecule has 1 aromatic heterocycles. The normalized spacial score (nSPS) is 10.8. The van der Waals surface area contributed by atoms with Crippen molar-refractivity contribution in [1.29, 1.82) is 0 Å². The van der Waals surface area contributed by atoms with Gasteiger partial charge in [-0.1, -0.05) is 36.4 Å². The summed E-state index contributed by atoms with van der Waals surface area (Å²) in [4.78, 5) is 28.7. The fraction of sp³-hybridized carbons (Fsp3) is 0.208. The number of nitrogens with one attached hydrogen (secondary N) is 2. The van der Waals surface area contributed by atoms with E-state index in [1.54, 1.807) is 43.6 Å². The molecule has 0 aliphatic rings. The van der Waals surface area contributed by atoms with Crippen molar-refractivity contribution in [2.24, 2.45) is 0 Å². The molecular weight excluding hydrogens is 468 g/mol. The van der Waals surface area contributed by atoms with E-state index in [2.05, 4.69) is 15.6 Å². The van der Waals surface area contributed by atoms with E-state index in [4.69, 9.17) is 4.74 Å². The summed E-state index contributed by atoms with van der Waals surface area (Å²) in [5.41, 5.74) is 2.57. The number of pyridine rings is 1. The Hall–Kier alpha value is -3.00. The number of rotatable bonds is 9. The van der Waals surface area contributed by atoms with E-state index in [-0.39, 0.29) is 43.7 Å². The number of nitrogens with zero attached hydrogens (tertiary/aromatic N) is 1. The van der Waals surface area contributed by atoms with Crippen molar-refractivity contribution in [3.63, 3.8) is 0 Å². The van der Waals surface area contributed by atoms with Gasteiger partial charge in [0.1, 0.15) is 5.82 Å². The van der Waals surface area contributed by atoms with Crippen molar-refractivity contribution in [1.82, 2.24) is 10.3 Å². The lowest BCUT2D eigenvalue weighted by molar-refractivity contribution is -0.142. The summed E-state index contributed by atoms with van der Waals surface area (Å²) in [7, 11) is 0. The van der Waals surface area contributed by atoms with Gasteiger partial charge < -0.3 is 10.1 Å². The lowest BCUT2D eigenvalue weighted by Gasteiger charge is -2.19. The molecule has 6 nitrogen and oxygen atoms in total. The van der Waals surface area contributed by atoms with Crippen LogP contribution >= 0.6 is 24.8 Å². The highest BCUT2D eigenvalue weighted by Crippen LogP contribution is 2.24. The maximum absolute atomic E-state index is 14.4. The number of hydrogen-bond donors (Lipinski definition) is 2. The van der Waals surface area contributed by atoms with Crippen molar-refractivity contribution < 1.29 is 18.7 Å². The molecule has 0 fully saturated rings. The Kier molecular flexibility index (Phi) is 12.1. The highest BCUT2D eigenvalue weighted by molar-refractivity contribution is 5.96. The summed E-state index contributed by atoms with van der Waals surface area (Å²) in [6, 6.07) is 16.8. The maximum Gasteiger partial charge on any atom is 0.319 e. The summed E-state index contributed by atoms with van der Waals surface area (Å²) >= 11 is 0. The minimum atomic E-state index is -0.754.